The monoisotopic (exact) mass is 490 g/mol. The van der Waals surface area contributed by atoms with Crippen LogP contribution in [0.1, 0.15) is 0 Å². The zero-order valence-electron chi connectivity index (χ0n) is 16.7. The molecule has 3 aromatic carbocycles. The minimum Gasteiger partial charge on any atom is -0.486 e. The number of carbonyl (C=O) groups is 1. The van der Waals surface area contributed by atoms with Crippen molar-refractivity contribution in [1.82, 2.24) is 0 Å². The van der Waals surface area contributed by atoms with Gasteiger partial charge in [0, 0.05) is 10.6 Å². The van der Waals surface area contributed by atoms with Crippen molar-refractivity contribution in [2.75, 3.05) is 29.0 Å². The number of thioether (sulfide) groups is 1. The Morgan fingerprint density at radius 2 is 1.75 bits per heavy atom. The Balaban J connectivity index is 1.39. The van der Waals surface area contributed by atoms with Gasteiger partial charge in [-0.25, -0.2) is 8.42 Å². The van der Waals surface area contributed by atoms with E-state index in [2.05, 4.69) is 10.0 Å². The highest BCUT2D eigenvalue weighted by molar-refractivity contribution is 8.00. The summed E-state index contributed by atoms with van der Waals surface area (Å²) in [4.78, 5) is 13.3. The van der Waals surface area contributed by atoms with E-state index in [-0.39, 0.29) is 27.3 Å². The predicted octanol–water partition coefficient (Wildman–Crippen LogP) is 4.64. The number of benzene rings is 3. The quantitative estimate of drug-likeness (QED) is 0.468. The van der Waals surface area contributed by atoms with Crippen molar-refractivity contribution in [3.63, 3.8) is 0 Å². The molecule has 1 amide bonds. The van der Waals surface area contributed by atoms with Crippen LogP contribution >= 0.6 is 23.4 Å². The van der Waals surface area contributed by atoms with Crippen LogP contribution in [-0.4, -0.2) is 33.3 Å². The summed E-state index contributed by atoms with van der Waals surface area (Å²) < 4.78 is 38.9. The van der Waals surface area contributed by atoms with Gasteiger partial charge in [-0.05, 0) is 48.5 Å². The first kappa shape index (κ1) is 22.3. The van der Waals surface area contributed by atoms with Gasteiger partial charge in [-0.15, -0.1) is 11.8 Å². The second-order valence-electron chi connectivity index (χ2n) is 6.76. The molecule has 0 radical (unpaired) electrons. The third kappa shape index (κ3) is 5.48. The second kappa shape index (κ2) is 9.72. The molecule has 2 N–H and O–H groups in total. The maximum atomic E-state index is 12.7. The number of nitrogens with one attached hydrogen (secondary N) is 2. The minimum atomic E-state index is -3.87. The van der Waals surface area contributed by atoms with E-state index in [0.717, 1.165) is 4.90 Å². The van der Waals surface area contributed by atoms with E-state index in [1.54, 1.807) is 36.4 Å². The Bertz CT molecular complexity index is 1250. The van der Waals surface area contributed by atoms with Gasteiger partial charge < -0.3 is 14.8 Å². The number of rotatable bonds is 7. The first-order chi connectivity index (χ1) is 15.4. The van der Waals surface area contributed by atoms with E-state index >= 15 is 0 Å². The van der Waals surface area contributed by atoms with Gasteiger partial charge in [0.2, 0.25) is 5.91 Å². The van der Waals surface area contributed by atoms with Crippen LogP contribution in [0.5, 0.6) is 11.5 Å². The van der Waals surface area contributed by atoms with Crippen LogP contribution in [-0.2, 0) is 14.8 Å². The number of hydrogen-bond donors (Lipinski definition) is 2. The van der Waals surface area contributed by atoms with E-state index < -0.39 is 10.0 Å². The van der Waals surface area contributed by atoms with Crippen molar-refractivity contribution in [3.05, 3.63) is 71.8 Å². The lowest BCUT2D eigenvalue weighted by molar-refractivity contribution is -0.113. The molecule has 0 saturated heterocycles. The van der Waals surface area contributed by atoms with Gasteiger partial charge in [0.1, 0.15) is 13.2 Å². The van der Waals surface area contributed by atoms with Crippen LogP contribution in [0.15, 0.2) is 76.5 Å². The Kier molecular flexibility index (Phi) is 6.78. The van der Waals surface area contributed by atoms with Crippen molar-refractivity contribution in [2.24, 2.45) is 0 Å². The third-order valence-electron chi connectivity index (χ3n) is 4.43. The van der Waals surface area contributed by atoms with Gasteiger partial charge in [0.15, 0.2) is 11.5 Å². The van der Waals surface area contributed by atoms with E-state index in [1.807, 2.05) is 18.2 Å². The summed E-state index contributed by atoms with van der Waals surface area (Å²) in [6.45, 7) is 1.01. The Morgan fingerprint density at radius 1 is 0.969 bits per heavy atom. The number of carbonyl (C=O) groups excluding carboxylic acids is 1. The van der Waals surface area contributed by atoms with Gasteiger partial charge in [-0.2, -0.15) is 0 Å². The van der Waals surface area contributed by atoms with Crippen LogP contribution in [0.2, 0.25) is 5.02 Å². The summed E-state index contributed by atoms with van der Waals surface area (Å²) in [6.07, 6.45) is 0. The summed E-state index contributed by atoms with van der Waals surface area (Å²) in [7, 11) is -3.87. The van der Waals surface area contributed by atoms with Crippen LogP contribution in [0, 0.1) is 0 Å². The molecule has 7 nitrogen and oxygen atoms in total. The molecule has 0 unspecified atom stereocenters. The minimum absolute atomic E-state index is 0.00899. The fourth-order valence-corrected chi connectivity index (χ4v) is 5.04. The van der Waals surface area contributed by atoms with Gasteiger partial charge >= 0.3 is 0 Å². The lowest BCUT2D eigenvalue weighted by atomic mass is 10.3. The first-order valence-corrected chi connectivity index (χ1v) is 12.5. The van der Waals surface area contributed by atoms with Crippen LogP contribution in [0.3, 0.4) is 0 Å². The topological polar surface area (TPSA) is 93.7 Å². The number of para-hydroxylation sites is 1. The molecule has 0 saturated carbocycles. The molecule has 0 spiro atoms. The molecule has 0 aliphatic carbocycles. The number of hydrogen-bond acceptors (Lipinski definition) is 6. The lowest BCUT2D eigenvalue weighted by Crippen LogP contribution is -2.16. The number of ether oxygens (including phenoxy) is 2. The maximum Gasteiger partial charge on any atom is 0.262 e. The third-order valence-corrected chi connectivity index (χ3v) is 7.12. The van der Waals surface area contributed by atoms with E-state index in [9.17, 15) is 13.2 Å². The average molecular weight is 491 g/mol. The summed E-state index contributed by atoms with van der Waals surface area (Å²) in [5.74, 6) is 1.23. The number of anilines is 2. The van der Waals surface area contributed by atoms with Crippen LogP contribution in [0.4, 0.5) is 11.4 Å². The SMILES string of the molecule is O=C(CSc1ccc2c(c1)OCCO2)Nc1cccc(S(=O)(=O)Nc2ccccc2Cl)c1. The smallest absolute Gasteiger partial charge is 0.262 e. The van der Waals surface area contributed by atoms with Gasteiger partial charge in [0.05, 0.1) is 21.4 Å². The van der Waals surface area contributed by atoms with Crippen molar-refractivity contribution in [2.45, 2.75) is 9.79 Å². The van der Waals surface area contributed by atoms with Crippen molar-refractivity contribution >= 4 is 50.7 Å². The second-order valence-corrected chi connectivity index (χ2v) is 9.89. The lowest BCUT2D eigenvalue weighted by Gasteiger charge is -2.18. The Labute approximate surface area is 195 Å². The molecule has 0 bridgehead atoms. The predicted molar refractivity (Wildman–Crippen MR) is 125 cm³/mol. The summed E-state index contributed by atoms with van der Waals surface area (Å²) in [6, 6.07) is 18.1. The molecule has 10 heteroatoms. The highest BCUT2D eigenvalue weighted by Crippen LogP contribution is 2.34. The largest absolute Gasteiger partial charge is 0.486 e. The zero-order chi connectivity index (χ0) is 22.6. The summed E-state index contributed by atoms with van der Waals surface area (Å²) >= 11 is 7.38. The van der Waals surface area contributed by atoms with Gasteiger partial charge in [-0.3, -0.25) is 9.52 Å². The highest BCUT2D eigenvalue weighted by atomic mass is 35.5. The number of halogens is 1. The maximum absolute atomic E-state index is 12.7. The normalized spacial score (nSPS) is 12.8. The number of amides is 1. The number of sulfonamides is 1. The molecule has 0 atom stereocenters. The van der Waals surface area contributed by atoms with E-state index in [4.69, 9.17) is 21.1 Å². The van der Waals surface area contributed by atoms with Gasteiger partial charge in [0.25, 0.3) is 10.0 Å². The Hall–Kier alpha value is -2.88. The van der Waals surface area contributed by atoms with Crippen molar-refractivity contribution < 1.29 is 22.7 Å². The molecule has 1 aliphatic heterocycles. The molecule has 4 rings (SSSR count). The van der Waals surface area contributed by atoms with Crippen molar-refractivity contribution in [1.29, 1.82) is 0 Å². The molecular formula is C22H19ClN2O5S2. The number of fused-ring (bicyclic) bond motifs is 1. The molecule has 32 heavy (non-hydrogen) atoms. The molecule has 166 valence electrons. The fraction of sp³-hybridized carbons (Fsp3) is 0.136. The van der Waals surface area contributed by atoms with E-state index in [0.29, 0.717) is 30.4 Å². The zero-order valence-corrected chi connectivity index (χ0v) is 19.1. The summed E-state index contributed by atoms with van der Waals surface area (Å²) in [5, 5.41) is 3.02. The highest BCUT2D eigenvalue weighted by Gasteiger charge is 2.17. The standard InChI is InChI=1S/C22H19ClN2O5S2/c23-18-6-1-2-7-19(18)25-32(27,28)17-5-3-4-15(12-17)24-22(26)14-31-16-8-9-20-21(13-16)30-11-10-29-20/h1-9,12-13,25H,10-11,14H2,(H,24,26). The fourth-order valence-electron chi connectivity index (χ4n) is 2.95. The van der Waals surface area contributed by atoms with Crippen LogP contribution in [0.25, 0.3) is 0 Å². The molecule has 0 aromatic heterocycles. The first-order valence-electron chi connectivity index (χ1n) is 9.60. The molecule has 1 heterocycles. The molecular weight excluding hydrogens is 472 g/mol. The van der Waals surface area contributed by atoms with Gasteiger partial charge in [-0.1, -0.05) is 29.8 Å². The average Bonchev–Trinajstić information content (AvgIpc) is 2.79. The summed E-state index contributed by atoms with van der Waals surface area (Å²) in [5.41, 5.74) is 0.652. The van der Waals surface area contributed by atoms with Crippen molar-refractivity contribution in [3.8, 4) is 11.5 Å². The van der Waals surface area contributed by atoms with E-state index in [1.165, 1.54) is 23.9 Å². The van der Waals surface area contributed by atoms with Crippen LogP contribution < -0.4 is 19.5 Å². The molecule has 0 fully saturated rings. The Morgan fingerprint density at radius 3 is 2.56 bits per heavy atom. The molecule has 3 aromatic rings. The molecule has 1 aliphatic rings.